The molecule has 0 radical (unpaired) electrons. The van der Waals surface area contributed by atoms with Crippen molar-refractivity contribution in [3.05, 3.63) is 12.2 Å². The molecule has 15 heavy (non-hydrogen) atoms. The van der Waals surface area contributed by atoms with Crippen molar-refractivity contribution in [3.8, 4) is 0 Å². The Hall–Kier alpha value is 0.0938. The summed E-state index contributed by atoms with van der Waals surface area (Å²) < 4.78 is 11.7. The van der Waals surface area contributed by atoms with Gasteiger partial charge in [0.2, 0.25) is 0 Å². The normalized spacial score (nSPS) is 12.9. The highest BCUT2D eigenvalue weighted by Gasteiger charge is 2.29. The fourth-order valence-corrected chi connectivity index (χ4v) is 9.12. The van der Waals surface area contributed by atoms with Gasteiger partial charge in [-0.15, -0.1) is 0 Å². The fraction of sp³-hybridized carbons (Fsp3) is 0.818. The molecule has 0 spiro atoms. The molecule has 0 saturated carbocycles. The van der Waals surface area contributed by atoms with Gasteiger partial charge in [-0.1, -0.05) is 12.2 Å². The Balaban J connectivity index is 3.79. The lowest BCUT2D eigenvalue weighted by Gasteiger charge is -2.31. The Labute approximate surface area is 96.9 Å². The average molecular weight is 246 g/mol. The van der Waals surface area contributed by atoms with Crippen molar-refractivity contribution >= 4 is 16.6 Å². The quantitative estimate of drug-likeness (QED) is 0.388. The van der Waals surface area contributed by atoms with Crippen molar-refractivity contribution < 1.29 is 8.85 Å². The van der Waals surface area contributed by atoms with Gasteiger partial charge in [-0.2, -0.15) is 0 Å². The Morgan fingerprint density at radius 2 is 1.67 bits per heavy atom. The van der Waals surface area contributed by atoms with Crippen molar-refractivity contribution in [2.24, 2.45) is 0 Å². The summed E-state index contributed by atoms with van der Waals surface area (Å²) in [5, 5.41) is 0. The molecule has 4 heteroatoms. The van der Waals surface area contributed by atoms with Crippen LogP contribution in [0.25, 0.3) is 0 Å². The van der Waals surface area contributed by atoms with Crippen LogP contribution in [0.4, 0.5) is 0 Å². The van der Waals surface area contributed by atoms with E-state index in [0.29, 0.717) is 6.61 Å². The number of hydrogen-bond donors (Lipinski definition) is 0. The van der Waals surface area contributed by atoms with Gasteiger partial charge in [0.1, 0.15) is 0 Å². The van der Waals surface area contributed by atoms with Gasteiger partial charge in [-0.25, -0.2) is 0 Å². The van der Waals surface area contributed by atoms with E-state index < -0.39 is 16.6 Å². The number of ether oxygens (including phenoxy) is 1. The minimum absolute atomic E-state index is 0.678. The molecule has 0 aromatic heterocycles. The van der Waals surface area contributed by atoms with Gasteiger partial charge in [-0.05, 0) is 45.7 Å². The second-order valence-corrected chi connectivity index (χ2v) is 14.8. The maximum Gasteiger partial charge on any atom is 0.175 e. The van der Waals surface area contributed by atoms with Crippen LogP contribution in [0.5, 0.6) is 0 Å². The summed E-state index contributed by atoms with van der Waals surface area (Å²) in [7, 11) is -2.89. The molecule has 0 amide bonds. The zero-order valence-electron chi connectivity index (χ0n) is 11.1. The zero-order valence-corrected chi connectivity index (χ0v) is 13.1. The Morgan fingerprint density at radius 3 is 2.07 bits per heavy atom. The molecule has 90 valence electrons. The predicted octanol–water partition coefficient (Wildman–Crippen LogP) is 3.64. The third-order valence-corrected chi connectivity index (χ3v) is 7.85. The van der Waals surface area contributed by atoms with Crippen LogP contribution in [-0.4, -0.2) is 29.8 Å². The zero-order chi connectivity index (χ0) is 12.1. The minimum atomic E-state index is -1.50. The standard InChI is InChI=1S/C11H26O2Si2/c1-11(2)10-12-8-9-15(6,7)13-14(3,4)5/h1,8-10H2,2-7H3. The molecule has 0 aliphatic heterocycles. The molecule has 0 aliphatic rings. The van der Waals surface area contributed by atoms with Crippen molar-refractivity contribution in [2.75, 3.05) is 13.2 Å². The first-order valence-corrected chi connectivity index (χ1v) is 12.1. The van der Waals surface area contributed by atoms with Crippen LogP contribution in [0, 0.1) is 0 Å². The molecule has 0 fully saturated rings. The van der Waals surface area contributed by atoms with Crippen LogP contribution in [-0.2, 0) is 8.85 Å². The maximum absolute atomic E-state index is 6.21. The van der Waals surface area contributed by atoms with Gasteiger partial charge in [0.05, 0.1) is 6.61 Å². The lowest BCUT2D eigenvalue weighted by molar-refractivity contribution is 0.168. The van der Waals surface area contributed by atoms with E-state index in [1.807, 2.05) is 6.92 Å². The van der Waals surface area contributed by atoms with Crippen molar-refractivity contribution in [3.63, 3.8) is 0 Å². The van der Waals surface area contributed by atoms with Crippen molar-refractivity contribution in [1.82, 2.24) is 0 Å². The third-order valence-electron chi connectivity index (χ3n) is 1.78. The molecule has 0 aliphatic carbocycles. The molecule has 0 aromatic carbocycles. The van der Waals surface area contributed by atoms with Gasteiger partial charge < -0.3 is 8.85 Å². The van der Waals surface area contributed by atoms with Crippen LogP contribution in [0.2, 0.25) is 38.8 Å². The van der Waals surface area contributed by atoms with Gasteiger partial charge >= 0.3 is 0 Å². The number of hydrogen-bond acceptors (Lipinski definition) is 2. The Morgan fingerprint density at radius 1 is 1.13 bits per heavy atom. The topological polar surface area (TPSA) is 18.5 Å². The predicted molar refractivity (Wildman–Crippen MR) is 72.4 cm³/mol. The first-order valence-electron chi connectivity index (χ1n) is 5.55. The lowest BCUT2D eigenvalue weighted by Crippen LogP contribution is -2.42. The second kappa shape index (κ2) is 5.98. The first kappa shape index (κ1) is 15.1. The molecule has 0 atom stereocenters. The molecule has 0 saturated heterocycles. The summed E-state index contributed by atoms with van der Waals surface area (Å²) in [4.78, 5) is 0. The van der Waals surface area contributed by atoms with Crippen LogP contribution < -0.4 is 0 Å². The number of rotatable bonds is 7. The molecular weight excluding hydrogens is 220 g/mol. The summed E-state index contributed by atoms with van der Waals surface area (Å²) in [5.74, 6) is 0. The highest BCUT2D eigenvalue weighted by molar-refractivity contribution is 6.84. The van der Waals surface area contributed by atoms with E-state index in [9.17, 15) is 0 Å². The largest absolute Gasteiger partial charge is 0.456 e. The Kier molecular flexibility index (Phi) is 6.02. The minimum Gasteiger partial charge on any atom is -0.456 e. The van der Waals surface area contributed by atoms with Gasteiger partial charge in [0, 0.05) is 6.61 Å². The molecule has 0 bridgehead atoms. The van der Waals surface area contributed by atoms with Crippen molar-refractivity contribution in [2.45, 2.75) is 45.7 Å². The molecule has 0 heterocycles. The highest BCUT2D eigenvalue weighted by atomic mass is 28.4. The molecule has 0 aromatic rings. The molecule has 0 rings (SSSR count). The summed E-state index contributed by atoms with van der Waals surface area (Å²) in [5.41, 5.74) is 1.08. The van der Waals surface area contributed by atoms with E-state index in [2.05, 4.69) is 39.3 Å². The fourth-order valence-electron chi connectivity index (χ4n) is 1.44. The molecular formula is C11H26O2Si2. The maximum atomic E-state index is 6.21. The van der Waals surface area contributed by atoms with Crippen LogP contribution >= 0.6 is 0 Å². The van der Waals surface area contributed by atoms with Crippen LogP contribution in [0.15, 0.2) is 12.2 Å². The smallest absolute Gasteiger partial charge is 0.175 e. The summed E-state index contributed by atoms with van der Waals surface area (Å²) >= 11 is 0. The molecule has 2 nitrogen and oxygen atoms in total. The van der Waals surface area contributed by atoms with Crippen LogP contribution in [0.1, 0.15) is 6.92 Å². The first-order chi connectivity index (χ1) is 6.62. The van der Waals surface area contributed by atoms with Crippen molar-refractivity contribution in [1.29, 1.82) is 0 Å². The van der Waals surface area contributed by atoms with E-state index in [4.69, 9.17) is 8.85 Å². The van der Waals surface area contributed by atoms with E-state index >= 15 is 0 Å². The average Bonchev–Trinajstić information content (AvgIpc) is 1.93. The van der Waals surface area contributed by atoms with Gasteiger partial charge in [0.15, 0.2) is 16.6 Å². The molecule has 0 N–H and O–H groups in total. The van der Waals surface area contributed by atoms with Crippen LogP contribution in [0.3, 0.4) is 0 Å². The summed E-state index contributed by atoms with van der Waals surface area (Å²) in [6.45, 7) is 18.6. The summed E-state index contributed by atoms with van der Waals surface area (Å²) in [6, 6.07) is 1.07. The summed E-state index contributed by atoms with van der Waals surface area (Å²) in [6.07, 6.45) is 0. The third kappa shape index (κ3) is 10.4. The monoisotopic (exact) mass is 246 g/mol. The Bertz CT molecular complexity index is 207. The van der Waals surface area contributed by atoms with E-state index in [1.165, 1.54) is 0 Å². The lowest BCUT2D eigenvalue weighted by atomic mass is 10.4. The van der Waals surface area contributed by atoms with E-state index in [0.717, 1.165) is 18.2 Å². The van der Waals surface area contributed by atoms with E-state index in [1.54, 1.807) is 0 Å². The SMILES string of the molecule is C=C(C)COCC[Si](C)(C)O[Si](C)(C)C. The van der Waals surface area contributed by atoms with Gasteiger partial charge in [-0.3, -0.25) is 0 Å². The molecule has 0 unspecified atom stereocenters. The highest BCUT2D eigenvalue weighted by Crippen LogP contribution is 2.18. The van der Waals surface area contributed by atoms with Gasteiger partial charge in [0.25, 0.3) is 0 Å². The van der Waals surface area contributed by atoms with E-state index in [-0.39, 0.29) is 0 Å². The second-order valence-electron chi connectivity index (χ2n) is 5.73.